The molecule has 0 radical (unpaired) electrons. The van der Waals surface area contributed by atoms with E-state index in [-0.39, 0.29) is 0 Å². The fraction of sp³-hybridized carbons (Fsp3) is 0.462. The van der Waals surface area contributed by atoms with Gasteiger partial charge in [-0.05, 0) is 24.1 Å². The van der Waals surface area contributed by atoms with Gasteiger partial charge < -0.3 is 10.6 Å². The summed E-state index contributed by atoms with van der Waals surface area (Å²) < 4.78 is 0. The Bertz CT molecular complexity index is 399. The average molecular weight is 284 g/mol. The molecule has 0 aliphatic carbocycles. The van der Waals surface area contributed by atoms with E-state index in [1.165, 1.54) is 5.56 Å². The second-order valence-corrected chi connectivity index (χ2v) is 5.88. The van der Waals surface area contributed by atoms with Gasteiger partial charge in [-0.15, -0.1) is 0 Å². The van der Waals surface area contributed by atoms with Crippen molar-refractivity contribution < 1.29 is 0 Å². The highest BCUT2D eigenvalue weighted by Crippen LogP contribution is 2.10. The lowest BCUT2D eigenvalue weighted by Crippen LogP contribution is -2.42. The summed E-state index contributed by atoms with van der Waals surface area (Å²) in [4.78, 5) is 6.61. The zero-order valence-electron chi connectivity index (χ0n) is 10.3. The van der Waals surface area contributed by atoms with Gasteiger partial charge in [0.05, 0.1) is 0 Å². The standard InChI is InChI=1S/C13H18ClN3S/c14-12-3-1-11(2-4-12)5-6-16-13(15)17-7-9-18-10-8-17/h1-4H,5-10H2,(H2,15,16). The normalized spacial score (nSPS) is 16.9. The van der Waals surface area contributed by atoms with Crippen molar-refractivity contribution in [2.45, 2.75) is 6.42 Å². The lowest BCUT2D eigenvalue weighted by atomic mass is 10.1. The Morgan fingerprint density at radius 3 is 2.61 bits per heavy atom. The van der Waals surface area contributed by atoms with Crippen LogP contribution >= 0.6 is 23.4 Å². The molecule has 1 aliphatic heterocycles. The third-order valence-electron chi connectivity index (χ3n) is 2.92. The summed E-state index contributed by atoms with van der Waals surface area (Å²) in [6.07, 6.45) is 0.903. The monoisotopic (exact) mass is 283 g/mol. The first-order valence-corrected chi connectivity index (χ1v) is 7.66. The van der Waals surface area contributed by atoms with Crippen LogP contribution in [0, 0.1) is 0 Å². The Labute approximate surface area is 117 Å². The van der Waals surface area contributed by atoms with Crippen molar-refractivity contribution in [3.63, 3.8) is 0 Å². The second-order valence-electron chi connectivity index (χ2n) is 4.22. The van der Waals surface area contributed by atoms with Gasteiger partial charge in [-0.2, -0.15) is 11.8 Å². The molecule has 0 amide bonds. The number of hydrogen-bond acceptors (Lipinski definition) is 2. The fourth-order valence-electron chi connectivity index (χ4n) is 1.84. The first-order valence-electron chi connectivity index (χ1n) is 6.13. The molecule has 1 heterocycles. The quantitative estimate of drug-likeness (QED) is 0.683. The highest BCUT2D eigenvalue weighted by Gasteiger charge is 2.11. The zero-order valence-corrected chi connectivity index (χ0v) is 11.9. The molecule has 0 unspecified atom stereocenters. The molecule has 1 aromatic rings. The van der Waals surface area contributed by atoms with E-state index in [1.54, 1.807) is 0 Å². The van der Waals surface area contributed by atoms with Crippen LogP contribution < -0.4 is 5.73 Å². The van der Waals surface area contributed by atoms with Crippen LogP contribution in [0.15, 0.2) is 29.3 Å². The number of nitrogens with two attached hydrogens (primary N) is 1. The van der Waals surface area contributed by atoms with Gasteiger partial charge in [-0.25, -0.2) is 0 Å². The van der Waals surface area contributed by atoms with Crippen LogP contribution in [-0.2, 0) is 6.42 Å². The van der Waals surface area contributed by atoms with Crippen LogP contribution in [0.25, 0.3) is 0 Å². The molecule has 2 N–H and O–H groups in total. The van der Waals surface area contributed by atoms with Gasteiger partial charge in [0.15, 0.2) is 5.96 Å². The third kappa shape index (κ3) is 4.10. The highest BCUT2D eigenvalue weighted by molar-refractivity contribution is 7.99. The van der Waals surface area contributed by atoms with Gasteiger partial charge in [0.2, 0.25) is 0 Å². The summed E-state index contributed by atoms with van der Waals surface area (Å²) in [6.45, 7) is 2.76. The Balaban J connectivity index is 1.81. The molecule has 18 heavy (non-hydrogen) atoms. The first kappa shape index (κ1) is 13.6. The number of benzene rings is 1. The molecule has 1 saturated heterocycles. The Hall–Kier alpha value is -0.870. The summed E-state index contributed by atoms with van der Waals surface area (Å²) in [5.41, 5.74) is 7.22. The minimum atomic E-state index is 0.685. The van der Waals surface area contributed by atoms with Crippen molar-refractivity contribution in [2.24, 2.45) is 10.7 Å². The molecular formula is C13H18ClN3S. The van der Waals surface area contributed by atoms with Gasteiger partial charge >= 0.3 is 0 Å². The van der Waals surface area contributed by atoms with Gasteiger partial charge in [-0.3, -0.25) is 4.99 Å². The third-order valence-corrected chi connectivity index (χ3v) is 4.12. The number of hydrogen-bond donors (Lipinski definition) is 1. The van der Waals surface area contributed by atoms with Crippen molar-refractivity contribution in [1.29, 1.82) is 0 Å². The van der Waals surface area contributed by atoms with E-state index in [1.807, 2.05) is 36.0 Å². The van der Waals surface area contributed by atoms with Crippen molar-refractivity contribution in [2.75, 3.05) is 31.1 Å². The molecule has 1 aliphatic rings. The Kier molecular flexibility index (Phi) is 5.20. The van der Waals surface area contributed by atoms with E-state index < -0.39 is 0 Å². The average Bonchev–Trinajstić information content (AvgIpc) is 2.42. The smallest absolute Gasteiger partial charge is 0.191 e. The molecule has 1 fully saturated rings. The molecule has 0 bridgehead atoms. The van der Waals surface area contributed by atoms with E-state index in [4.69, 9.17) is 17.3 Å². The molecule has 0 saturated carbocycles. The van der Waals surface area contributed by atoms with Crippen molar-refractivity contribution >= 4 is 29.3 Å². The summed E-state index contributed by atoms with van der Waals surface area (Å²) in [5.74, 6) is 2.98. The topological polar surface area (TPSA) is 41.6 Å². The van der Waals surface area contributed by atoms with Crippen LogP contribution in [0.2, 0.25) is 5.02 Å². The zero-order chi connectivity index (χ0) is 12.8. The maximum atomic E-state index is 5.98. The van der Waals surface area contributed by atoms with E-state index in [2.05, 4.69) is 9.89 Å². The molecule has 0 aromatic heterocycles. The van der Waals surface area contributed by atoms with Crippen LogP contribution in [0.1, 0.15) is 5.56 Å². The van der Waals surface area contributed by atoms with E-state index >= 15 is 0 Å². The molecule has 0 atom stereocenters. The lowest BCUT2D eigenvalue weighted by Gasteiger charge is -2.27. The summed E-state index contributed by atoms with van der Waals surface area (Å²) in [6, 6.07) is 7.88. The fourth-order valence-corrected chi connectivity index (χ4v) is 2.87. The summed E-state index contributed by atoms with van der Waals surface area (Å²) in [7, 11) is 0. The van der Waals surface area contributed by atoms with Gasteiger partial charge in [-0.1, -0.05) is 23.7 Å². The van der Waals surface area contributed by atoms with E-state index in [9.17, 15) is 0 Å². The predicted molar refractivity (Wildman–Crippen MR) is 80.5 cm³/mol. The Morgan fingerprint density at radius 2 is 1.94 bits per heavy atom. The minimum absolute atomic E-state index is 0.685. The van der Waals surface area contributed by atoms with Gasteiger partial charge in [0.1, 0.15) is 0 Å². The number of halogens is 1. The Morgan fingerprint density at radius 1 is 1.28 bits per heavy atom. The SMILES string of the molecule is NC(=NCCc1ccc(Cl)cc1)N1CCSCC1. The summed E-state index contributed by atoms with van der Waals surface area (Å²) >= 11 is 7.81. The molecule has 1 aromatic carbocycles. The molecule has 2 rings (SSSR count). The number of guanidine groups is 1. The summed E-state index contributed by atoms with van der Waals surface area (Å²) in [5, 5.41) is 0.771. The van der Waals surface area contributed by atoms with E-state index in [0.29, 0.717) is 5.96 Å². The van der Waals surface area contributed by atoms with Crippen molar-refractivity contribution in [3.8, 4) is 0 Å². The van der Waals surface area contributed by atoms with Crippen LogP contribution in [0.5, 0.6) is 0 Å². The maximum Gasteiger partial charge on any atom is 0.191 e. The number of nitrogens with zero attached hydrogens (tertiary/aromatic N) is 2. The van der Waals surface area contributed by atoms with E-state index in [0.717, 1.165) is 42.6 Å². The molecule has 98 valence electrons. The lowest BCUT2D eigenvalue weighted by molar-refractivity contribution is 0.456. The van der Waals surface area contributed by atoms with Gasteiger partial charge in [0, 0.05) is 36.2 Å². The second kappa shape index (κ2) is 6.90. The van der Waals surface area contributed by atoms with Crippen molar-refractivity contribution in [3.05, 3.63) is 34.9 Å². The number of rotatable bonds is 3. The highest BCUT2D eigenvalue weighted by atomic mass is 35.5. The molecule has 3 nitrogen and oxygen atoms in total. The molecule has 5 heteroatoms. The molecule has 0 spiro atoms. The molecular weight excluding hydrogens is 266 g/mol. The number of thioether (sulfide) groups is 1. The largest absolute Gasteiger partial charge is 0.370 e. The van der Waals surface area contributed by atoms with Crippen LogP contribution in [0.4, 0.5) is 0 Å². The minimum Gasteiger partial charge on any atom is -0.370 e. The predicted octanol–water partition coefficient (Wildman–Crippen LogP) is 2.25. The first-order chi connectivity index (χ1) is 8.75. The van der Waals surface area contributed by atoms with Crippen molar-refractivity contribution in [1.82, 2.24) is 4.90 Å². The van der Waals surface area contributed by atoms with Gasteiger partial charge in [0.25, 0.3) is 0 Å². The number of aliphatic imine (C=N–C) groups is 1. The van der Waals surface area contributed by atoms with Crippen LogP contribution in [0.3, 0.4) is 0 Å². The van der Waals surface area contributed by atoms with Crippen LogP contribution in [-0.4, -0.2) is 42.0 Å². The maximum absolute atomic E-state index is 5.98.